The van der Waals surface area contributed by atoms with Crippen LogP contribution in [0, 0.1) is 0 Å². The van der Waals surface area contributed by atoms with E-state index < -0.39 is 10.0 Å². The number of carbonyl (C=O) groups is 1. The molecule has 11 heteroatoms. The molecule has 0 radical (unpaired) electrons. The highest BCUT2D eigenvalue weighted by Gasteiger charge is 2.29. The maximum absolute atomic E-state index is 12.4. The topological polar surface area (TPSA) is 120 Å². The summed E-state index contributed by atoms with van der Waals surface area (Å²) in [7, 11) is -1.79. The summed E-state index contributed by atoms with van der Waals surface area (Å²) >= 11 is 0. The maximum Gasteiger partial charge on any atom is 0.239 e. The quantitative estimate of drug-likeness (QED) is 0.476. The van der Waals surface area contributed by atoms with E-state index >= 15 is 0 Å². The first-order chi connectivity index (χ1) is 12.5. The van der Waals surface area contributed by atoms with Crippen LogP contribution < -0.4 is 10.6 Å². The summed E-state index contributed by atoms with van der Waals surface area (Å²) in [5, 5.41) is 9.60. The molecule has 10 nitrogen and oxygen atoms in total. The van der Waals surface area contributed by atoms with Gasteiger partial charge in [-0.25, -0.2) is 8.42 Å². The molecule has 0 aromatic carbocycles. The lowest BCUT2D eigenvalue weighted by atomic mass is 10.4. The molecule has 3 rings (SSSR count). The van der Waals surface area contributed by atoms with E-state index in [4.69, 9.17) is 0 Å². The third kappa shape index (κ3) is 4.94. The number of guanidine groups is 1. The first kappa shape index (κ1) is 18.6. The van der Waals surface area contributed by atoms with Crippen LogP contribution in [-0.2, 0) is 20.6 Å². The number of piperazine rings is 1. The first-order valence-electron chi connectivity index (χ1n) is 8.60. The van der Waals surface area contributed by atoms with Gasteiger partial charge < -0.3 is 20.1 Å². The fourth-order valence-corrected chi connectivity index (χ4v) is 4.19. The lowest BCUT2D eigenvalue weighted by molar-refractivity contribution is -0.120. The Morgan fingerprint density at radius 2 is 2.08 bits per heavy atom. The van der Waals surface area contributed by atoms with Gasteiger partial charge >= 0.3 is 0 Å². The summed E-state index contributed by atoms with van der Waals surface area (Å²) in [5.74, 6) is 0.379. The van der Waals surface area contributed by atoms with Crippen LogP contribution >= 0.6 is 0 Å². The summed E-state index contributed by atoms with van der Waals surface area (Å²) in [4.78, 5) is 17.9. The van der Waals surface area contributed by atoms with Crippen LogP contribution in [0.4, 0.5) is 0 Å². The van der Waals surface area contributed by atoms with Crippen molar-refractivity contribution in [3.8, 4) is 0 Å². The fourth-order valence-electron chi connectivity index (χ4n) is 2.77. The van der Waals surface area contributed by atoms with Crippen molar-refractivity contribution in [2.24, 2.45) is 4.99 Å². The number of amides is 1. The average molecular weight is 384 g/mol. The zero-order valence-electron chi connectivity index (χ0n) is 14.7. The maximum atomic E-state index is 12.4. The predicted molar refractivity (Wildman–Crippen MR) is 94.8 cm³/mol. The van der Waals surface area contributed by atoms with Gasteiger partial charge in [0.25, 0.3) is 0 Å². The predicted octanol–water partition coefficient (Wildman–Crippen LogP) is -1.02. The van der Waals surface area contributed by atoms with Crippen molar-refractivity contribution >= 4 is 21.9 Å². The summed E-state index contributed by atoms with van der Waals surface area (Å²) in [6, 6.07) is 1.87. The molecule has 1 aromatic heterocycles. The average Bonchev–Trinajstić information content (AvgIpc) is 3.29. The number of hydrogen-bond donors (Lipinski definition) is 2. The third-order valence-electron chi connectivity index (χ3n) is 4.31. The number of nitrogens with one attached hydrogen (secondary N) is 2. The largest absolute Gasteiger partial charge is 0.364 e. The van der Waals surface area contributed by atoms with Gasteiger partial charge in [-0.3, -0.25) is 9.79 Å². The monoisotopic (exact) mass is 384 g/mol. The minimum Gasteiger partial charge on any atom is -0.364 e. The van der Waals surface area contributed by atoms with Crippen LogP contribution in [0.1, 0.15) is 18.5 Å². The Labute approximate surface area is 152 Å². The Balaban J connectivity index is 1.47. The number of nitrogens with zero attached hydrogens (tertiary/aromatic N) is 4. The van der Waals surface area contributed by atoms with Crippen LogP contribution in [0.15, 0.2) is 21.8 Å². The van der Waals surface area contributed by atoms with Gasteiger partial charge in [0.05, 0.1) is 12.2 Å². The molecule has 0 spiro atoms. The van der Waals surface area contributed by atoms with Gasteiger partial charge in [-0.2, -0.15) is 4.31 Å². The lowest BCUT2D eigenvalue weighted by Gasteiger charge is -2.35. The van der Waals surface area contributed by atoms with Crippen molar-refractivity contribution in [1.82, 2.24) is 25.0 Å². The van der Waals surface area contributed by atoms with Crippen LogP contribution in [0.25, 0.3) is 0 Å². The molecule has 0 bridgehead atoms. The van der Waals surface area contributed by atoms with Gasteiger partial charge in [0.2, 0.25) is 15.9 Å². The van der Waals surface area contributed by atoms with Crippen molar-refractivity contribution in [1.29, 1.82) is 0 Å². The molecule has 1 amide bonds. The summed E-state index contributed by atoms with van der Waals surface area (Å²) in [6.07, 6.45) is 3.45. The molecule has 1 saturated heterocycles. The van der Waals surface area contributed by atoms with Crippen molar-refractivity contribution in [3.05, 3.63) is 18.0 Å². The zero-order chi connectivity index (χ0) is 18.6. The summed E-state index contributed by atoms with van der Waals surface area (Å²) < 4.78 is 31.0. The lowest BCUT2D eigenvalue weighted by Crippen LogP contribution is -2.54. The third-order valence-corrected chi connectivity index (χ3v) is 6.13. The smallest absolute Gasteiger partial charge is 0.239 e. The zero-order valence-corrected chi connectivity index (χ0v) is 15.5. The Hall–Kier alpha value is -2.14. The van der Waals surface area contributed by atoms with E-state index in [0.29, 0.717) is 43.9 Å². The second-order valence-corrected chi connectivity index (χ2v) is 8.34. The molecule has 2 heterocycles. The molecule has 2 aliphatic rings. The Morgan fingerprint density at radius 3 is 2.65 bits per heavy atom. The van der Waals surface area contributed by atoms with E-state index in [1.54, 1.807) is 13.1 Å². The highest BCUT2D eigenvalue weighted by molar-refractivity contribution is 7.88. The number of sulfonamides is 1. The summed E-state index contributed by atoms with van der Waals surface area (Å²) in [6.45, 7) is 1.88. The van der Waals surface area contributed by atoms with Gasteiger partial charge in [0, 0.05) is 45.3 Å². The Morgan fingerprint density at radius 1 is 1.35 bits per heavy atom. The number of rotatable bonds is 6. The van der Waals surface area contributed by atoms with Crippen molar-refractivity contribution < 1.29 is 17.7 Å². The minimum atomic E-state index is -3.43. The van der Waals surface area contributed by atoms with Crippen molar-refractivity contribution in [2.75, 3.05) is 39.8 Å². The second kappa shape index (κ2) is 8.04. The van der Waals surface area contributed by atoms with E-state index in [-0.39, 0.29) is 18.2 Å². The van der Waals surface area contributed by atoms with E-state index in [0.717, 1.165) is 12.8 Å². The van der Waals surface area contributed by atoms with Gasteiger partial charge in [-0.05, 0) is 12.8 Å². The van der Waals surface area contributed by atoms with Gasteiger partial charge in [-0.15, -0.1) is 0 Å². The Kier molecular flexibility index (Phi) is 5.77. The molecule has 2 fully saturated rings. The summed E-state index contributed by atoms with van der Waals surface area (Å²) in [5.41, 5.74) is 0.395. The molecule has 144 valence electrons. The standard InChI is InChI=1S/C15H24N6O4S/c1-16-15(17-10-14(22)18-12-2-3-12)20-5-7-21(8-6-20)26(23,24)11-13-4-9-25-19-13/h4,9,12H,2-3,5-8,10-11H2,1H3,(H,16,17)(H,18,22). The molecule has 1 aliphatic carbocycles. The van der Waals surface area contributed by atoms with Crippen molar-refractivity contribution in [2.45, 2.75) is 24.6 Å². The van der Waals surface area contributed by atoms with Crippen LogP contribution in [0.2, 0.25) is 0 Å². The molecular formula is C15H24N6O4S. The molecule has 0 unspecified atom stereocenters. The number of aliphatic imine (C=N–C) groups is 1. The van der Waals surface area contributed by atoms with Crippen molar-refractivity contribution in [3.63, 3.8) is 0 Å². The molecule has 1 saturated carbocycles. The molecule has 0 atom stereocenters. The van der Waals surface area contributed by atoms with E-state index in [1.165, 1.54) is 10.6 Å². The number of aromatic nitrogens is 1. The minimum absolute atomic E-state index is 0.0533. The Bertz CT molecular complexity index is 736. The van der Waals surface area contributed by atoms with E-state index in [9.17, 15) is 13.2 Å². The first-order valence-corrected chi connectivity index (χ1v) is 10.2. The van der Waals surface area contributed by atoms with Gasteiger partial charge in [0.15, 0.2) is 5.96 Å². The van der Waals surface area contributed by atoms with Crippen LogP contribution in [0.5, 0.6) is 0 Å². The van der Waals surface area contributed by atoms with Crippen LogP contribution in [-0.4, -0.2) is 80.5 Å². The normalized spacial score (nSPS) is 19.4. The molecule has 26 heavy (non-hydrogen) atoms. The SMILES string of the molecule is CN=C(NCC(=O)NC1CC1)N1CCN(S(=O)(=O)Cc2ccon2)CC1. The second-order valence-electron chi connectivity index (χ2n) is 6.38. The number of hydrogen-bond acceptors (Lipinski definition) is 6. The molecular weight excluding hydrogens is 360 g/mol. The van der Waals surface area contributed by atoms with Gasteiger partial charge in [-0.1, -0.05) is 5.16 Å². The fraction of sp³-hybridized carbons (Fsp3) is 0.667. The van der Waals surface area contributed by atoms with E-state index in [2.05, 4.69) is 25.3 Å². The van der Waals surface area contributed by atoms with E-state index in [1.807, 2.05) is 4.90 Å². The van der Waals surface area contributed by atoms with Gasteiger partial charge in [0.1, 0.15) is 12.0 Å². The highest BCUT2D eigenvalue weighted by atomic mass is 32.2. The molecule has 1 aromatic rings. The molecule has 1 aliphatic heterocycles. The molecule has 2 N–H and O–H groups in total. The number of carbonyl (C=O) groups excluding carboxylic acids is 1. The highest BCUT2D eigenvalue weighted by Crippen LogP contribution is 2.18. The van der Waals surface area contributed by atoms with Crippen LogP contribution in [0.3, 0.4) is 0 Å².